The molecule has 0 saturated carbocycles. The number of aromatic nitrogens is 1. The van der Waals surface area contributed by atoms with Crippen molar-refractivity contribution in [2.24, 2.45) is 5.73 Å². The Morgan fingerprint density at radius 2 is 2.00 bits per heavy atom. The highest BCUT2D eigenvalue weighted by molar-refractivity contribution is 5.38. The van der Waals surface area contributed by atoms with Crippen molar-refractivity contribution >= 4 is 5.69 Å². The normalized spacial score (nSPS) is 14.0. The number of hydrogen-bond donors (Lipinski definition) is 2. The van der Waals surface area contributed by atoms with Crippen LogP contribution in [-0.4, -0.2) is 11.2 Å². The average Bonchev–Trinajstić information content (AvgIpc) is 2.01. The zero-order valence-corrected chi connectivity index (χ0v) is 7.25. The lowest BCUT2D eigenvalue weighted by Gasteiger charge is -2.14. The van der Waals surface area contributed by atoms with Gasteiger partial charge in [-0.1, -0.05) is 0 Å². The number of nitrogens with zero attached hydrogens (tertiary/aromatic N) is 1. The van der Waals surface area contributed by atoms with Crippen LogP contribution < -0.4 is 11.5 Å². The third-order valence-corrected chi connectivity index (χ3v) is 1.66. The van der Waals surface area contributed by atoms with Crippen LogP contribution in [0, 0.1) is 0 Å². The monoisotopic (exact) mass is 205 g/mol. The minimum atomic E-state index is -4.27. The van der Waals surface area contributed by atoms with Crippen LogP contribution in [0.3, 0.4) is 0 Å². The van der Waals surface area contributed by atoms with Crippen LogP contribution in [0.2, 0.25) is 0 Å². The van der Waals surface area contributed by atoms with E-state index >= 15 is 0 Å². The maximum absolute atomic E-state index is 12.0. The Balaban J connectivity index is 2.74. The second kappa shape index (κ2) is 3.83. The summed E-state index contributed by atoms with van der Waals surface area (Å²) in [6, 6.07) is 0.287. The van der Waals surface area contributed by atoms with Crippen LogP contribution in [0.1, 0.15) is 18.0 Å². The fourth-order valence-corrected chi connectivity index (χ4v) is 1.05. The van der Waals surface area contributed by atoms with Gasteiger partial charge in [0.1, 0.15) is 0 Å². The van der Waals surface area contributed by atoms with E-state index in [1.807, 2.05) is 0 Å². The summed E-state index contributed by atoms with van der Waals surface area (Å²) in [5, 5.41) is 0. The number of anilines is 1. The molecular weight excluding hydrogens is 195 g/mol. The Bertz CT molecular complexity index is 311. The SMILES string of the molecule is Nc1cncc(C(N)CC(F)(F)F)c1. The smallest absolute Gasteiger partial charge is 0.390 e. The molecule has 1 unspecified atom stereocenters. The number of pyridine rings is 1. The number of nitrogens with two attached hydrogens (primary N) is 2. The van der Waals surface area contributed by atoms with Crippen LogP contribution in [0.15, 0.2) is 18.5 Å². The standard InChI is InChI=1S/C8H10F3N3/c9-8(10,11)2-7(13)5-1-6(12)4-14-3-5/h1,3-4,7H,2,12-13H2. The Labute approximate surface area is 78.9 Å². The van der Waals surface area contributed by atoms with Crippen molar-refractivity contribution in [1.29, 1.82) is 0 Å². The summed E-state index contributed by atoms with van der Waals surface area (Å²) < 4.78 is 35.9. The maximum Gasteiger partial charge on any atom is 0.390 e. The fraction of sp³-hybridized carbons (Fsp3) is 0.375. The Kier molecular flexibility index (Phi) is 2.95. The molecule has 3 nitrogen and oxygen atoms in total. The lowest BCUT2D eigenvalue weighted by Crippen LogP contribution is -2.20. The molecule has 0 aliphatic carbocycles. The summed E-state index contributed by atoms with van der Waals surface area (Å²) in [4.78, 5) is 3.66. The third kappa shape index (κ3) is 3.21. The van der Waals surface area contributed by atoms with Gasteiger partial charge >= 0.3 is 6.18 Å². The Morgan fingerprint density at radius 3 is 2.50 bits per heavy atom. The van der Waals surface area contributed by atoms with Crippen molar-refractivity contribution in [3.8, 4) is 0 Å². The topological polar surface area (TPSA) is 64.9 Å². The van der Waals surface area contributed by atoms with Crippen LogP contribution in [0.25, 0.3) is 0 Å². The molecule has 6 heteroatoms. The fourth-order valence-electron chi connectivity index (χ4n) is 1.05. The molecule has 0 saturated heterocycles. The first-order chi connectivity index (χ1) is 6.38. The second-order valence-corrected chi connectivity index (χ2v) is 2.98. The van der Waals surface area contributed by atoms with Gasteiger partial charge in [-0.05, 0) is 11.6 Å². The number of halogens is 3. The molecular formula is C8H10F3N3. The van der Waals surface area contributed by atoms with Crippen molar-refractivity contribution in [1.82, 2.24) is 4.98 Å². The second-order valence-electron chi connectivity index (χ2n) is 2.98. The Hall–Kier alpha value is -1.30. The molecule has 4 N–H and O–H groups in total. The van der Waals surface area contributed by atoms with Crippen molar-refractivity contribution in [2.75, 3.05) is 5.73 Å². The van der Waals surface area contributed by atoms with E-state index in [2.05, 4.69) is 4.98 Å². The predicted molar refractivity (Wildman–Crippen MR) is 46.2 cm³/mol. The molecule has 0 aliphatic rings. The molecule has 0 aliphatic heterocycles. The van der Waals surface area contributed by atoms with Crippen LogP contribution in [0.4, 0.5) is 18.9 Å². The molecule has 1 atom stereocenters. The van der Waals surface area contributed by atoms with Crippen molar-refractivity contribution in [3.05, 3.63) is 24.0 Å². The highest BCUT2D eigenvalue weighted by Gasteiger charge is 2.30. The van der Waals surface area contributed by atoms with Crippen molar-refractivity contribution in [3.63, 3.8) is 0 Å². The number of hydrogen-bond acceptors (Lipinski definition) is 3. The zero-order valence-electron chi connectivity index (χ0n) is 7.25. The van der Waals surface area contributed by atoms with Gasteiger partial charge in [0, 0.05) is 18.4 Å². The number of rotatable bonds is 2. The quantitative estimate of drug-likeness (QED) is 0.770. The highest BCUT2D eigenvalue weighted by Crippen LogP contribution is 2.27. The lowest BCUT2D eigenvalue weighted by atomic mass is 10.1. The molecule has 1 rings (SSSR count). The molecule has 1 heterocycles. The zero-order chi connectivity index (χ0) is 10.8. The molecule has 0 spiro atoms. The molecule has 1 aromatic rings. The molecule has 78 valence electrons. The molecule has 0 bridgehead atoms. The van der Waals surface area contributed by atoms with Gasteiger partial charge in [0.05, 0.1) is 12.1 Å². The largest absolute Gasteiger partial charge is 0.397 e. The van der Waals surface area contributed by atoms with E-state index in [9.17, 15) is 13.2 Å². The number of alkyl halides is 3. The van der Waals surface area contributed by atoms with Gasteiger partial charge in [-0.2, -0.15) is 13.2 Å². The summed E-state index contributed by atoms with van der Waals surface area (Å²) >= 11 is 0. The highest BCUT2D eigenvalue weighted by atomic mass is 19.4. The van der Waals surface area contributed by atoms with Gasteiger partial charge in [-0.3, -0.25) is 4.98 Å². The molecule has 0 amide bonds. The summed E-state index contributed by atoms with van der Waals surface area (Å²) in [5.74, 6) is 0. The van der Waals surface area contributed by atoms with E-state index in [1.54, 1.807) is 0 Å². The molecule has 0 fully saturated rings. The van der Waals surface area contributed by atoms with Gasteiger partial charge < -0.3 is 11.5 Å². The van der Waals surface area contributed by atoms with Gasteiger partial charge in [-0.25, -0.2) is 0 Å². The van der Waals surface area contributed by atoms with Crippen LogP contribution >= 0.6 is 0 Å². The van der Waals surface area contributed by atoms with Gasteiger partial charge in [0.15, 0.2) is 0 Å². The molecule has 1 aromatic heterocycles. The van der Waals surface area contributed by atoms with Gasteiger partial charge in [0.25, 0.3) is 0 Å². The van der Waals surface area contributed by atoms with Crippen LogP contribution in [-0.2, 0) is 0 Å². The number of nitrogen functional groups attached to an aromatic ring is 1. The predicted octanol–water partition coefficient (Wildman–Crippen LogP) is 1.62. The molecule has 0 aromatic carbocycles. The van der Waals surface area contributed by atoms with Gasteiger partial charge in [0.2, 0.25) is 0 Å². The van der Waals surface area contributed by atoms with Crippen molar-refractivity contribution in [2.45, 2.75) is 18.6 Å². The van der Waals surface area contributed by atoms with E-state index < -0.39 is 18.6 Å². The average molecular weight is 205 g/mol. The van der Waals surface area contributed by atoms with E-state index in [1.165, 1.54) is 18.5 Å². The van der Waals surface area contributed by atoms with E-state index in [0.717, 1.165) is 0 Å². The minimum Gasteiger partial charge on any atom is -0.397 e. The van der Waals surface area contributed by atoms with E-state index in [-0.39, 0.29) is 0 Å². The molecule has 14 heavy (non-hydrogen) atoms. The van der Waals surface area contributed by atoms with Crippen molar-refractivity contribution < 1.29 is 13.2 Å². The Morgan fingerprint density at radius 1 is 1.36 bits per heavy atom. The third-order valence-electron chi connectivity index (χ3n) is 1.66. The minimum absolute atomic E-state index is 0.294. The lowest BCUT2D eigenvalue weighted by molar-refractivity contribution is -0.138. The van der Waals surface area contributed by atoms with E-state index in [0.29, 0.717) is 11.3 Å². The summed E-state index contributed by atoms with van der Waals surface area (Å²) in [6.45, 7) is 0. The first-order valence-corrected chi connectivity index (χ1v) is 3.91. The summed E-state index contributed by atoms with van der Waals surface area (Å²) in [6.07, 6.45) is -2.71. The summed E-state index contributed by atoms with van der Waals surface area (Å²) in [5.41, 5.74) is 11.3. The molecule has 0 radical (unpaired) electrons. The first kappa shape index (κ1) is 10.8. The van der Waals surface area contributed by atoms with Gasteiger partial charge in [-0.15, -0.1) is 0 Å². The maximum atomic E-state index is 12.0. The van der Waals surface area contributed by atoms with Crippen LogP contribution in [0.5, 0.6) is 0 Å². The van der Waals surface area contributed by atoms with E-state index in [4.69, 9.17) is 11.5 Å². The summed E-state index contributed by atoms with van der Waals surface area (Å²) in [7, 11) is 0. The first-order valence-electron chi connectivity index (χ1n) is 3.91.